The summed E-state index contributed by atoms with van der Waals surface area (Å²) in [5, 5.41) is 24.8. The molecule has 0 radical (unpaired) electrons. The van der Waals surface area contributed by atoms with Gasteiger partial charge in [0.25, 0.3) is 11.6 Å². The second-order valence-electron chi connectivity index (χ2n) is 5.90. The van der Waals surface area contributed by atoms with E-state index in [0.717, 1.165) is 29.5 Å². The number of aromatic carboxylic acids is 1. The number of nitrogens with one attached hydrogen (secondary N) is 1. The maximum Gasteiger partial charge on any atom is 0.348 e. The van der Waals surface area contributed by atoms with Gasteiger partial charge in [0.2, 0.25) is 0 Å². The topological polar surface area (TPSA) is 165 Å². The van der Waals surface area contributed by atoms with Gasteiger partial charge >= 0.3 is 11.9 Å². The summed E-state index contributed by atoms with van der Waals surface area (Å²) in [6.45, 7) is 4.73. The molecule has 1 aromatic carbocycles. The summed E-state index contributed by atoms with van der Waals surface area (Å²) in [5.74, 6) is -4.51. The van der Waals surface area contributed by atoms with Crippen LogP contribution in [0.1, 0.15) is 60.2 Å². The molecular weight excluding hydrogens is 432 g/mol. The Labute approximate surface area is 179 Å². The number of ether oxygens (including phenoxy) is 2. The molecule has 31 heavy (non-hydrogen) atoms. The summed E-state index contributed by atoms with van der Waals surface area (Å²) < 4.78 is 9.92. The van der Waals surface area contributed by atoms with E-state index in [0.29, 0.717) is 0 Å². The van der Waals surface area contributed by atoms with Crippen molar-refractivity contribution in [2.45, 2.75) is 20.8 Å². The third-order valence-corrected chi connectivity index (χ3v) is 5.19. The molecule has 12 heteroatoms. The molecule has 164 valence electrons. The fraction of sp³-hybridized carbons (Fsp3) is 0.263. The van der Waals surface area contributed by atoms with E-state index in [1.165, 1.54) is 6.92 Å². The second-order valence-corrected chi connectivity index (χ2v) is 6.92. The normalized spacial score (nSPS) is 10.3. The van der Waals surface area contributed by atoms with E-state index in [1.807, 2.05) is 0 Å². The lowest BCUT2D eigenvalue weighted by molar-refractivity contribution is -0.385. The highest BCUT2D eigenvalue weighted by Gasteiger charge is 2.29. The monoisotopic (exact) mass is 449 g/mol. The van der Waals surface area contributed by atoms with Crippen LogP contribution in [0.5, 0.6) is 0 Å². The molecule has 11 nitrogen and oxygen atoms in total. The highest BCUT2D eigenvalue weighted by molar-refractivity contribution is 7.18. The van der Waals surface area contributed by atoms with Crippen LogP contribution in [0.2, 0.25) is 0 Å². The van der Waals surface area contributed by atoms with Gasteiger partial charge in [-0.1, -0.05) is 6.07 Å². The van der Waals surface area contributed by atoms with Crippen LogP contribution in [0.25, 0.3) is 0 Å². The minimum atomic E-state index is -1.92. The van der Waals surface area contributed by atoms with Crippen LogP contribution in [0, 0.1) is 17.0 Å². The zero-order valence-corrected chi connectivity index (χ0v) is 17.5. The molecule has 0 spiro atoms. The van der Waals surface area contributed by atoms with Crippen LogP contribution in [0.3, 0.4) is 0 Å². The Bertz CT molecular complexity index is 1070. The van der Waals surface area contributed by atoms with Crippen LogP contribution >= 0.6 is 11.3 Å². The molecule has 0 atom stereocenters. The van der Waals surface area contributed by atoms with Gasteiger partial charge in [-0.25, -0.2) is 9.59 Å². The van der Waals surface area contributed by atoms with Gasteiger partial charge in [0.15, 0.2) is 0 Å². The van der Waals surface area contributed by atoms with Crippen molar-refractivity contribution in [1.82, 2.24) is 0 Å². The van der Waals surface area contributed by atoms with Crippen molar-refractivity contribution in [2.75, 3.05) is 18.5 Å². The Hall–Kier alpha value is -3.80. The van der Waals surface area contributed by atoms with E-state index in [-0.39, 0.29) is 34.2 Å². The largest absolute Gasteiger partial charge is 0.545 e. The summed E-state index contributed by atoms with van der Waals surface area (Å²) in [6.07, 6.45) is 0. The standard InChI is InChI=1S/C19H18N2O9S/c1-4-29-18(25)12-9(3)14(19(26)30-5-2)31-16(12)20-15(22)10-7-6-8-11(21(27)28)13(10)17(23)24/h6-8H,4-5H2,1-3H3,(H,20,22)(H,23,24)/p-1. The van der Waals surface area contributed by atoms with E-state index < -0.39 is 45.6 Å². The van der Waals surface area contributed by atoms with Crippen LogP contribution in [0.15, 0.2) is 18.2 Å². The average molecular weight is 449 g/mol. The predicted octanol–water partition coefficient (Wildman–Crippen LogP) is 1.93. The van der Waals surface area contributed by atoms with Crippen molar-refractivity contribution < 1.29 is 38.7 Å². The van der Waals surface area contributed by atoms with Gasteiger partial charge in [0.05, 0.1) is 40.8 Å². The smallest absolute Gasteiger partial charge is 0.348 e. The molecule has 0 saturated carbocycles. The Balaban J connectivity index is 2.57. The second kappa shape index (κ2) is 9.80. The molecule has 2 rings (SSSR count). The Kier molecular flexibility index (Phi) is 7.42. The molecule has 1 amide bonds. The number of anilines is 1. The number of amides is 1. The zero-order chi connectivity index (χ0) is 23.3. The number of hydrogen-bond donors (Lipinski definition) is 1. The number of carboxylic acid groups (broad SMARTS) is 1. The Morgan fingerprint density at radius 2 is 1.68 bits per heavy atom. The lowest BCUT2D eigenvalue weighted by atomic mass is 10.0. The number of esters is 2. The predicted molar refractivity (Wildman–Crippen MR) is 106 cm³/mol. The zero-order valence-electron chi connectivity index (χ0n) is 16.7. The number of carbonyl (C=O) groups is 4. The van der Waals surface area contributed by atoms with Gasteiger partial charge in [-0.3, -0.25) is 14.9 Å². The number of rotatable bonds is 8. The minimum absolute atomic E-state index is 0.0238. The van der Waals surface area contributed by atoms with E-state index in [4.69, 9.17) is 9.47 Å². The number of thiophene rings is 1. The molecule has 1 aromatic heterocycles. The molecule has 0 saturated heterocycles. The summed E-state index contributed by atoms with van der Waals surface area (Å²) >= 11 is 0.732. The average Bonchev–Trinajstić information content (AvgIpc) is 3.03. The van der Waals surface area contributed by atoms with Gasteiger partial charge in [0, 0.05) is 6.07 Å². The highest BCUT2D eigenvalue weighted by atomic mass is 32.1. The molecule has 0 bridgehead atoms. The minimum Gasteiger partial charge on any atom is -0.545 e. The first-order valence-corrected chi connectivity index (χ1v) is 9.73. The molecule has 0 aliphatic carbocycles. The van der Waals surface area contributed by atoms with Crippen molar-refractivity contribution in [3.8, 4) is 0 Å². The van der Waals surface area contributed by atoms with E-state index in [2.05, 4.69) is 5.32 Å². The van der Waals surface area contributed by atoms with Crippen LogP contribution in [-0.2, 0) is 9.47 Å². The maximum atomic E-state index is 12.8. The van der Waals surface area contributed by atoms with Crippen LogP contribution in [0.4, 0.5) is 10.7 Å². The van der Waals surface area contributed by atoms with Crippen molar-refractivity contribution in [3.05, 3.63) is 55.4 Å². The number of nitrogens with zero attached hydrogens (tertiary/aromatic N) is 1. The number of nitro benzene ring substituents is 1. The summed E-state index contributed by atoms with van der Waals surface area (Å²) in [7, 11) is 0. The third kappa shape index (κ3) is 4.86. The van der Waals surface area contributed by atoms with E-state index in [1.54, 1.807) is 13.8 Å². The first kappa shape index (κ1) is 23.5. The molecule has 1 heterocycles. The van der Waals surface area contributed by atoms with Crippen molar-refractivity contribution in [3.63, 3.8) is 0 Å². The fourth-order valence-electron chi connectivity index (χ4n) is 2.71. The number of carbonyl (C=O) groups excluding carboxylic acids is 4. The number of carboxylic acids is 1. The van der Waals surface area contributed by atoms with Gasteiger partial charge in [-0.05, 0) is 32.4 Å². The first-order chi connectivity index (χ1) is 14.6. The van der Waals surface area contributed by atoms with Crippen LogP contribution in [-0.4, -0.2) is 42.0 Å². The maximum absolute atomic E-state index is 12.8. The molecule has 0 fully saturated rings. The van der Waals surface area contributed by atoms with Crippen molar-refractivity contribution >= 4 is 45.8 Å². The van der Waals surface area contributed by atoms with E-state index in [9.17, 15) is 34.4 Å². The number of benzene rings is 1. The van der Waals surface area contributed by atoms with Gasteiger partial charge in [-0.15, -0.1) is 11.3 Å². The molecule has 1 N–H and O–H groups in total. The quantitative estimate of drug-likeness (QED) is 0.360. The lowest BCUT2D eigenvalue weighted by Gasteiger charge is -2.11. The van der Waals surface area contributed by atoms with Crippen LogP contribution < -0.4 is 10.4 Å². The summed E-state index contributed by atoms with van der Waals surface area (Å²) in [4.78, 5) is 59.0. The molecule has 0 aliphatic heterocycles. The number of hydrogen-bond acceptors (Lipinski definition) is 10. The Morgan fingerprint density at radius 1 is 1.06 bits per heavy atom. The summed E-state index contributed by atoms with van der Waals surface area (Å²) in [6, 6.07) is 3.11. The Morgan fingerprint density at radius 3 is 2.23 bits per heavy atom. The van der Waals surface area contributed by atoms with Gasteiger partial charge < -0.3 is 24.7 Å². The van der Waals surface area contributed by atoms with E-state index >= 15 is 0 Å². The summed E-state index contributed by atoms with van der Waals surface area (Å²) in [5.41, 5.74) is -2.19. The number of nitro groups is 1. The lowest BCUT2D eigenvalue weighted by Crippen LogP contribution is -2.27. The molecule has 0 aliphatic rings. The van der Waals surface area contributed by atoms with Crippen molar-refractivity contribution in [2.24, 2.45) is 0 Å². The first-order valence-electron chi connectivity index (χ1n) is 8.91. The SMILES string of the molecule is CCOC(=O)c1sc(NC(=O)c2cccc([N+](=O)[O-])c2C(=O)[O-])c(C(=O)OCC)c1C. The molecule has 2 aromatic rings. The molecular formula is C19H17N2O9S-. The molecule has 0 unspecified atom stereocenters. The third-order valence-electron chi connectivity index (χ3n) is 4.00. The van der Waals surface area contributed by atoms with Crippen molar-refractivity contribution in [1.29, 1.82) is 0 Å². The highest BCUT2D eigenvalue weighted by Crippen LogP contribution is 2.35. The fourth-order valence-corrected chi connectivity index (χ4v) is 3.79. The van der Waals surface area contributed by atoms with Gasteiger partial charge in [-0.2, -0.15) is 0 Å². The van der Waals surface area contributed by atoms with Gasteiger partial charge in [0.1, 0.15) is 9.88 Å².